The summed E-state index contributed by atoms with van der Waals surface area (Å²) in [5.41, 5.74) is 0.138. The Labute approximate surface area is 114 Å². The van der Waals surface area contributed by atoms with Gasteiger partial charge in [-0.2, -0.15) is 0 Å². The summed E-state index contributed by atoms with van der Waals surface area (Å²) in [7, 11) is 0. The molecule has 18 heavy (non-hydrogen) atoms. The predicted molar refractivity (Wildman–Crippen MR) is 72.1 cm³/mol. The monoisotopic (exact) mass is 314 g/mol. The molecular weight excluding hydrogens is 299 g/mol. The van der Waals surface area contributed by atoms with E-state index in [1.165, 1.54) is 12.1 Å². The molecule has 0 spiro atoms. The fourth-order valence-electron chi connectivity index (χ4n) is 2.12. The fourth-order valence-corrected chi connectivity index (χ4v) is 2.46. The van der Waals surface area contributed by atoms with Crippen molar-refractivity contribution < 1.29 is 9.18 Å². The molecule has 0 radical (unpaired) electrons. The molecule has 0 saturated carbocycles. The van der Waals surface area contributed by atoms with Gasteiger partial charge in [0.1, 0.15) is 5.82 Å². The van der Waals surface area contributed by atoms with E-state index in [2.05, 4.69) is 21.2 Å². The van der Waals surface area contributed by atoms with Gasteiger partial charge in [-0.15, -0.1) is 0 Å². The highest BCUT2D eigenvalue weighted by atomic mass is 79.9. The van der Waals surface area contributed by atoms with E-state index in [-0.39, 0.29) is 23.6 Å². The van der Waals surface area contributed by atoms with Gasteiger partial charge < -0.3 is 10.2 Å². The van der Waals surface area contributed by atoms with E-state index in [9.17, 15) is 9.18 Å². The second kappa shape index (κ2) is 5.36. The number of hydrogen-bond donors (Lipinski definition) is 1. The zero-order valence-corrected chi connectivity index (χ0v) is 12.0. The van der Waals surface area contributed by atoms with Gasteiger partial charge in [0.25, 0.3) is 5.91 Å². The minimum absolute atomic E-state index is 0.0803. The minimum atomic E-state index is -0.479. The van der Waals surface area contributed by atoms with Crippen molar-refractivity contribution in [3.63, 3.8) is 0 Å². The first-order valence-electron chi connectivity index (χ1n) is 5.98. The number of piperazine rings is 1. The van der Waals surface area contributed by atoms with Crippen molar-refractivity contribution in [1.82, 2.24) is 10.2 Å². The van der Waals surface area contributed by atoms with Crippen LogP contribution in [0, 0.1) is 5.82 Å². The van der Waals surface area contributed by atoms with Crippen molar-refractivity contribution in [3.8, 4) is 0 Å². The number of rotatable bonds is 1. The summed E-state index contributed by atoms with van der Waals surface area (Å²) in [4.78, 5) is 14.1. The summed E-state index contributed by atoms with van der Waals surface area (Å²) >= 11 is 3.19. The summed E-state index contributed by atoms with van der Waals surface area (Å²) in [5, 5.41) is 3.30. The number of nitrogens with zero attached hydrogens (tertiary/aromatic N) is 1. The van der Waals surface area contributed by atoms with E-state index in [0.717, 1.165) is 6.54 Å². The lowest BCUT2D eigenvalue weighted by Gasteiger charge is -2.37. The summed E-state index contributed by atoms with van der Waals surface area (Å²) in [6.45, 7) is 5.33. The van der Waals surface area contributed by atoms with Gasteiger partial charge >= 0.3 is 0 Å². The van der Waals surface area contributed by atoms with Gasteiger partial charge in [-0.25, -0.2) is 4.39 Å². The molecule has 0 aromatic heterocycles. The highest BCUT2D eigenvalue weighted by Crippen LogP contribution is 2.19. The Kier molecular flexibility index (Phi) is 4.02. The quantitative estimate of drug-likeness (QED) is 0.863. The van der Waals surface area contributed by atoms with E-state index in [1.807, 2.05) is 13.8 Å². The second-order valence-electron chi connectivity index (χ2n) is 4.74. The zero-order valence-electron chi connectivity index (χ0n) is 10.4. The molecule has 98 valence electrons. The van der Waals surface area contributed by atoms with Crippen molar-refractivity contribution in [2.75, 3.05) is 13.1 Å². The molecule has 0 bridgehead atoms. The molecule has 1 saturated heterocycles. The third-order valence-corrected chi connectivity index (χ3v) is 3.68. The third-order valence-electron chi connectivity index (χ3n) is 3.19. The maximum absolute atomic E-state index is 13.8. The Morgan fingerprint density at radius 1 is 1.50 bits per heavy atom. The molecule has 1 aromatic rings. The third kappa shape index (κ3) is 2.72. The van der Waals surface area contributed by atoms with E-state index < -0.39 is 5.82 Å². The van der Waals surface area contributed by atoms with Crippen molar-refractivity contribution in [2.45, 2.75) is 25.9 Å². The lowest BCUT2D eigenvalue weighted by molar-refractivity contribution is 0.0611. The summed E-state index contributed by atoms with van der Waals surface area (Å²) in [6.07, 6.45) is 0. The smallest absolute Gasteiger partial charge is 0.257 e. The molecule has 1 aromatic carbocycles. The SMILES string of the molecule is CC1CN(C(=O)c2ccc(Br)cc2F)C(C)CN1. The molecule has 1 amide bonds. The first-order chi connectivity index (χ1) is 8.49. The van der Waals surface area contributed by atoms with Gasteiger partial charge in [-0.3, -0.25) is 4.79 Å². The lowest BCUT2D eigenvalue weighted by atomic mass is 10.1. The molecule has 1 aliphatic rings. The average Bonchev–Trinajstić information content (AvgIpc) is 2.31. The Balaban J connectivity index is 2.24. The Hall–Kier alpha value is -0.940. The molecular formula is C13H16BrFN2O. The van der Waals surface area contributed by atoms with Crippen molar-refractivity contribution in [1.29, 1.82) is 0 Å². The largest absolute Gasteiger partial charge is 0.333 e. The van der Waals surface area contributed by atoms with Crippen LogP contribution in [0.25, 0.3) is 0 Å². The van der Waals surface area contributed by atoms with E-state index in [4.69, 9.17) is 0 Å². The van der Waals surface area contributed by atoms with E-state index >= 15 is 0 Å². The molecule has 3 nitrogen and oxygen atoms in total. The highest BCUT2D eigenvalue weighted by Gasteiger charge is 2.28. The maximum atomic E-state index is 13.8. The van der Waals surface area contributed by atoms with Gasteiger partial charge in [-0.05, 0) is 32.0 Å². The Morgan fingerprint density at radius 3 is 2.89 bits per heavy atom. The van der Waals surface area contributed by atoms with Crippen LogP contribution in [0.5, 0.6) is 0 Å². The molecule has 5 heteroatoms. The van der Waals surface area contributed by atoms with Crippen molar-refractivity contribution >= 4 is 21.8 Å². The number of carbonyl (C=O) groups excluding carboxylic acids is 1. The van der Waals surface area contributed by atoms with Gasteiger partial charge in [0.15, 0.2) is 0 Å². The molecule has 0 aliphatic carbocycles. The van der Waals surface area contributed by atoms with Gasteiger partial charge in [0, 0.05) is 29.6 Å². The highest BCUT2D eigenvalue weighted by molar-refractivity contribution is 9.10. The molecule has 2 unspecified atom stereocenters. The number of carbonyl (C=O) groups is 1. The second-order valence-corrected chi connectivity index (χ2v) is 5.66. The minimum Gasteiger partial charge on any atom is -0.333 e. The van der Waals surface area contributed by atoms with Crippen LogP contribution in [0.15, 0.2) is 22.7 Å². The number of benzene rings is 1. The summed E-state index contributed by atoms with van der Waals surface area (Å²) in [5.74, 6) is -0.714. The average molecular weight is 315 g/mol. The van der Waals surface area contributed by atoms with Crippen LogP contribution in [0.3, 0.4) is 0 Å². The molecule has 2 atom stereocenters. The fraction of sp³-hybridized carbons (Fsp3) is 0.462. The lowest BCUT2D eigenvalue weighted by Crippen LogP contribution is -2.56. The predicted octanol–water partition coefficient (Wildman–Crippen LogP) is 2.41. The van der Waals surface area contributed by atoms with Crippen LogP contribution < -0.4 is 5.32 Å². The Bertz CT molecular complexity index is 466. The molecule has 1 aliphatic heterocycles. The van der Waals surface area contributed by atoms with E-state index in [0.29, 0.717) is 11.0 Å². The maximum Gasteiger partial charge on any atom is 0.257 e. The van der Waals surface area contributed by atoms with Gasteiger partial charge in [-0.1, -0.05) is 15.9 Å². The summed E-state index contributed by atoms with van der Waals surface area (Å²) in [6, 6.07) is 4.86. The van der Waals surface area contributed by atoms with Crippen LogP contribution in [0.1, 0.15) is 24.2 Å². The molecule has 1 heterocycles. The molecule has 2 rings (SSSR count). The van der Waals surface area contributed by atoms with E-state index in [1.54, 1.807) is 11.0 Å². The number of nitrogens with one attached hydrogen (secondary N) is 1. The van der Waals surface area contributed by atoms with Crippen LogP contribution in [0.2, 0.25) is 0 Å². The van der Waals surface area contributed by atoms with Crippen LogP contribution in [-0.4, -0.2) is 36.0 Å². The van der Waals surface area contributed by atoms with Crippen LogP contribution in [0.4, 0.5) is 4.39 Å². The topological polar surface area (TPSA) is 32.3 Å². The molecule has 1 fully saturated rings. The van der Waals surface area contributed by atoms with Gasteiger partial charge in [0.2, 0.25) is 0 Å². The first kappa shape index (κ1) is 13.5. The standard InChI is InChI=1S/C13H16BrFN2O/c1-8-7-17(9(2)6-16-8)13(18)11-4-3-10(14)5-12(11)15/h3-5,8-9,16H,6-7H2,1-2H3. The first-order valence-corrected chi connectivity index (χ1v) is 6.77. The van der Waals surface area contributed by atoms with Crippen molar-refractivity contribution in [3.05, 3.63) is 34.1 Å². The number of hydrogen-bond acceptors (Lipinski definition) is 2. The van der Waals surface area contributed by atoms with Crippen molar-refractivity contribution in [2.24, 2.45) is 0 Å². The summed E-state index contributed by atoms with van der Waals surface area (Å²) < 4.78 is 14.4. The molecule has 1 N–H and O–H groups in total. The number of halogens is 2. The van der Waals surface area contributed by atoms with Gasteiger partial charge in [0.05, 0.1) is 5.56 Å². The van der Waals surface area contributed by atoms with Crippen LogP contribution >= 0.6 is 15.9 Å². The zero-order chi connectivity index (χ0) is 13.3. The Morgan fingerprint density at radius 2 is 2.22 bits per heavy atom. The number of amides is 1. The van der Waals surface area contributed by atoms with Crippen LogP contribution in [-0.2, 0) is 0 Å². The normalized spacial score (nSPS) is 24.1.